The topological polar surface area (TPSA) is 79.3 Å². The molecule has 1 saturated heterocycles. The first-order valence-electron chi connectivity index (χ1n) is 9.11. The van der Waals surface area contributed by atoms with E-state index in [0.717, 1.165) is 17.8 Å². The number of amides is 3. The lowest BCUT2D eigenvalue weighted by molar-refractivity contribution is -0.116. The molecule has 2 N–H and O–H groups in total. The van der Waals surface area contributed by atoms with Crippen LogP contribution in [0.5, 0.6) is 0 Å². The highest BCUT2D eigenvalue weighted by molar-refractivity contribution is 6.01. The van der Waals surface area contributed by atoms with E-state index in [1.54, 1.807) is 4.90 Å². The van der Waals surface area contributed by atoms with Gasteiger partial charge < -0.3 is 15.5 Å². The molecule has 1 atom stereocenters. The number of likely N-dealkylation sites (tertiary alicyclic amines) is 1. The molecule has 7 nitrogen and oxygen atoms in total. The van der Waals surface area contributed by atoms with Gasteiger partial charge in [-0.2, -0.15) is 5.10 Å². The summed E-state index contributed by atoms with van der Waals surface area (Å²) in [5.74, 6) is -0.558. The van der Waals surface area contributed by atoms with Gasteiger partial charge in [-0.25, -0.2) is 9.18 Å². The lowest BCUT2D eigenvalue weighted by atomic mass is 10.0. The molecular weight excluding hydrogens is 349 g/mol. The van der Waals surface area contributed by atoms with E-state index in [1.165, 1.54) is 12.1 Å². The van der Waals surface area contributed by atoms with Crippen molar-refractivity contribution in [3.8, 4) is 0 Å². The Morgan fingerprint density at radius 1 is 1.30 bits per heavy atom. The predicted octanol–water partition coefficient (Wildman–Crippen LogP) is 3.00. The normalized spacial score (nSPS) is 19.0. The van der Waals surface area contributed by atoms with Gasteiger partial charge >= 0.3 is 6.03 Å². The summed E-state index contributed by atoms with van der Waals surface area (Å²) in [6.45, 7) is 5.09. The van der Waals surface area contributed by atoms with Crippen molar-refractivity contribution >= 4 is 23.3 Å². The molecule has 3 amide bonds. The number of nitrogens with one attached hydrogen (secondary N) is 2. The van der Waals surface area contributed by atoms with Gasteiger partial charge in [-0.15, -0.1) is 0 Å². The molecular formula is C19H22FN5O2. The minimum atomic E-state index is -0.429. The molecule has 3 heterocycles. The lowest BCUT2D eigenvalue weighted by Crippen LogP contribution is -2.34. The summed E-state index contributed by atoms with van der Waals surface area (Å²) in [7, 11) is 0. The van der Waals surface area contributed by atoms with Crippen LogP contribution in [-0.4, -0.2) is 39.7 Å². The maximum absolute atomic E-state index is 13.9. The number of fused-ring (bicyclic) bond motifs is 1. The van der Waals surface area contributed by atoms with E-state index in [4.69, 9.17) is 0 Å². The number of hydrogen-bond acceptors (Lipinski definition) is 3. The van der Waals surface area contributed by atoms with E-state index < -0.39 is 5.82 Å². The second kappa shape index (κ2) is 6.68. The van der Waals surface area contributed by atoms with Crippen LogP contribution in [0, 0.1) is 19.7 Å². The maximum Gasteiger partial charge on any atom is 0.321 e. The highest BCUT2D eigenvalue weighted by Gasteiger charge is 2.30. The summed E-state index contributed by atoms with van der Waals surface area (Å²) in [5, 5.41) is 10.0. The molecule has 0 radical (unpaired) electrons. The molecule has 0 saturated carbocycles. The largest absolute Gasteiger partial charge is 0.324 e. The summed E-state index contributed by atoms with van der Waals surface area (Å²) in [6, 6.07) is 4.50. The van der Waals surface area contributed by atoms with E-state index >= 15 is 0 Å². The first-order chi connectivity index (χ1) is 12.9. The van der Waals surface area contributed by atoms with Gasteiger partial charge in [0.05, 0.1) is 23.1 Å². The lowest BCUT2D eigenvalue weighted by Gasteiger charge is -2.23. The first kappa shape index (κ1) is 17.5. The summed E-state index contributed by atoms with van der Waals surface area (Å²) in [6.07, 6.45) is 1.60. The zero-order valence-electron chi connectivity index (χ0n) is 15.4. The Morgan fingerprint density at radius 2 is 2.11 bits per heavy atom. The van der Waals surface area contributed by atoms with Crippen molar-refractivity contribution in [3.63, 3.8) is 0 Å². The second-order valence-electron chi connectivity index (χ2n) is 7.23. The summed E-state index contributed by atoms with van der Waals surface area (Å²) in [4.78, 5) is 26.1. The molecule has 2 aromatic rings. The molecule has 1 fully saturated rings. The molecule has 2 aliphatic heterocycles. The Labute approximate surface area is 156 Å². The number of rotatable bonds is 2. The molecule has 4 rings (SSSR count). The van der Waals surface area contributed by atoms with Crippen LogP contribution >= 0.6 is 0 Å². The molecule has 2 aliphatic rings. The van der Waals surface area contributed by atoms with E-state index in [1.807, 2.05) is 24.6 Å². The number of halogens is 1. The van der Waals surface area contributed by atoms with Crippen molar-refractivity contribution in [2.75, 3.05) is 23.7 Å². The third-order valence-electron chi connectivity index (χ3n) is 5.15. The third kappa shape index (κ3) is 3.39. The molecule has 0 aliphatic carbocycles. The average molecular weight is 371 g/mol. The Morgan fingerprint density at radius 3 is 2.85 bits per heavy atom. The van der Waals surface area contributed by atoms with Gasteiger partial charge in [-0.3, -0.25) is 9.48 Å². The summed E-state index contributed by atoms with van der Waals surface area (Å²) in [5.41, 5.74) is 3.53. The predicted molar refractivity (Wildman–Crippen MR) is 99.3 cm³/mol. The van der Waals surface area contributed by atoms with Crippen LogP contribution in [0.15, 0.2) is 18.2 Å². The average Bonchev–Trinajstić information content (AvgIpc) is 3.21. The third-order valence-corrected chi connectivity index (χ3v) is 5.15. The Kier molecular flexibility index (Phi) is 4.33. The fraction of sp³-hybridized carbons (Fsp3) is 0.421. The number of aromatic nitrogens is 2. The molecule has 0 unspecified atom stereocenters. The van der Waals surface area contributed by atoms with Crippen LogP contribution in [0.1, 0.15) is 35.8 Å². The van der Waals surface area contributed by atoms with Crippen molar-refractivity contribution in [2.45, 2.75) is 39.2 Å². The van der Waals surface area contributed by atoms with Gasteiger partial charge in [0.15, 0.2) is 0 Å². The number of urea groups is 1. The van der Waals surface area contributed by atoms with E-state index in [0.29, 0.717) is 42.9 Å². The number of carbonyl (C=O) groups is 2. The smallest absolute Gasteiger partial charge is 0.321 e. The fourth-order valence-corrected chi connectivity index (χ4v) is 3.89. The monoisotopic (exact) mass is 371 g/mol. The van der Waals surface area contributed by atoms with Crippen LogP contribution < -0.4 is 10.6 Å². The van der Waals surface area contributed by atoms with Crippen LogP contribution in [-0.2, 0) is 11.2 Å². The minimum absolute atomic E-state index is 0.129. The van der Waals surface area contributed by atoms with E-state index in [9.17, 15) is 14.0 Å². The maximum atomic E-state index is 13.9. The van der Waals surface area contributed by atoms with Gasteiger partial charge in [0.2, 0.25) is 5.91 Å². The van der Waals surface area contributed by atoms with Crippen molar-refractivity contribution in [2.24, 2.45) is 0 Å². The highest BCUT2D eigenvalue weighted by Crippen LogP contribution is 2.32. The zero-order chi connectivity index (χ0) is 19.1. The molecule has 8 heteroatoms. The van der Waals surface area contributed by atoms with Gasteiger partial charge in [-0.1, -0.05) is 0 Å². The fourth-order valence-electron chi connectivity index (χ4n) is 3.89. The van der Waals surface area contributed by atoms with Gasteiger partial charge in [0.25, 0.3) is 0 Å². The summed E-state index contributed by atoms with van der Waals surface area (Å²) < 4.78 is 15.9. The van der Waals surface area contributed by atoms with Crippen molar-refractivity contribution in [3.05, 3.63) is 41.0 Å². The van der Waals surface area contributed by atoms with Crippen molar-refractivity contribution in [1.29, 1.82) is 0 Å². The van der Waals surface area contributed by atoms with E-state index in [-0.39, 0.29) is 18.0 Å². The molecule has 0 spiro atoms. The van der Waals surface area contributed by atoms with Gasteiger partial charge in [0.1, 0.15) is 5.82 Å². The van der Waals surface area contributed by atoms with Gasteiger partial charge in [0, 0.05) is 25.2 Å². The number of nitrogens with zero attached hydrogens (tertiary/aromatic N) is 3. The number of benzene rings is 1. The Hall–Kier alpha value is -2.90. The van der Waals surface area contributed by atoms with E-state index in [2.05, 4.69) is 15.7 Å². The van der Waals surface area contributed by atoms with Crippen LogP contribution in [0.2, 0.25) is 0 Å². The van der Waals surface area contributed by atoms with Crippen molar-refractivity contribution in [1.82, 2.24) is 14.7 Å². The van der Waals surface area contributed by atoms with Crippen molar-refractivity contribution < 1.29 is 14.0 Å². The standard InChI is InChI=1S/C19H22FN5O2/c1-11-7-12(2)25(23-11)15-5-6-24(10-15)19(27)21-16-9-14(20)8-13-3-4-17(26)22-18(13)16/h7-9,15H,3-6,10H2,1-2H3,(H,21,27)(H,22,26)/t15-/m1/s1. The molecule has 27 heavy (non-hydrogen) atoms. The Bertz CT molecular complexity index is 923. The van der Waals surface area contributed by atoms with Gasteiger partial charge in [-0.05, 0) is 50.5 Å². The summed E-state index contributed by atoms with van der Waals surface area (Å²) >= 11 is 0. The highest BCUT2D eigenvalue weighted by atomic mass is 19.1. The zero-order valence-corrected chi connectivity index (χ0v) is 15.4. The number of hydrogen-bond donors (Lipinski definition) is 2. The molecule has 1 aromatic carbocycles. The first-order valence-corrected chi connectivity index (χ1v) is 9.11. The Balaban J connectivity index is 1.50. The SMILES string of the molecule is Cc1cc(C)n([C@@H]2CCN(C(=O)Nc3cc(F)cc4c3NC(=O)CC4)C2)n1. The number of carbonyl (C=O) groups excluding carboxylic acids is 2. The number of anilines is 2. The molecule has 142 valence electrons. The van der Waals surface area contributed by atoms with Crippen LogP contribution in [0.3, 0.4) is 0 Å². The second-order valence-corrected chi connectivity index (χ2v) is 7.23. The van der Waals surface area contributed by atoms with Crippen LogP contribution in [0.25, 0.3) is 0 Å². The van der Waals surface area contributed by atoms with Crippen LogP contribution in [0.4, 0.5) is 20.6 Å². The number of aryl methyl sites for hydroxylation is 3. The minimum Gasteiger partial charge on any atom is -0.324 e. The quantitative estimate of drug-likeness (QED) is 0.852. The molecule has 0 bridgehead atoms. The molecule has 1 aromatic heterocycles.